The topological polar surface area (TPSA) is 38.3 Å². The van der Waals surface area contributed by atoms with Gasteiger partial charge >= 0.3 is 5.97 Å². The van der Waals surface area contributed by atoms with Gasteiger partial charge in [-0.15, -0.1) is 0 Å². The van der Waals surface area contributed by atoms with Crippen LogP contribution in [0.5, 0.6) is 0 Å². The van der Waals surface area contributed by atoms with Crippen molar-refractivity contribution in [1.29, 1.82) is 0 Å². The summed E-state index contributed by atoms with van der Waals surface area (Å²) in [5.41, 5.74) is 0. The molecule has 14 heavy (non-hydrogen) atoms. The Morgan fingerprint density at radius 2 is 2.21 bits per heavy atom. The molecule has 1 aliphatic heterocycles. The number of methoxy groups -OCH3 is 1. The molecular formula is C11H19NO2. The van der Waals surface area contributed by atoms with Gasteiger partial charge in [0.2, 0.25) is 0 Å². The second-order valence-electron chi connectivity index (χ2n) is 3.70. The number of rotatable bonds is 4. The Hall–Kier alpha value is -0.830. The molecule has 0 radical (unpaired) electrons. The van der Waals surface area contributed by atoms with Crippen molar-refractivity contribution in [3.8, 4) is 0 Å². The number of carbonyl (C=O) groups is 1. The monoisotopic (exact) mass is 197 g/mol. The molecule has 1 heterocycles. The van der Waals surface area contributed by atoms with Crippen LogP contribution in [0.2, 0.25) is 0 Å². The summed E-state index contributed by atoms with van der Waals surface area (Å²) in [6.45, 7) is 2.29. The van der Waals surface area contributed by atoms with Gasteiger partial charge in [0.1, 0.15) is 0 Å². The molecule has 0 bridgehead atoms. The Bertz CT molecular complexity index is 195. The number of ether oxygens (including phenoxy) is 1. The highest BCUT2D eigenvalue weighted by molar-refractivity contribution is 5.81. The predicted molar refractivity (Wildman–Crippen MR) is 56.0 cm³/mol. The summed E-state index contributed by atoms with van der Waals surface area (Å²) in [4.78, 5) is 10.7. The molecule has 0 saturated carbocycles. The van der Waals surface area contributed by atoms with E-state index in [-0.39, 0.29) is 5.97 Å². The van der Waals surface area contributed by atoms with Crippen molar-refractivity contribution < 1.29 is 9.53 Å². The van der Waals surface area contributed by atoms with Crippen LogP contribution in [0.3, 0.4) is 0 Å². The summed E-state index contributed by atoms with van der Waals surface area (Å²) >= 11 is 0. The van der Waals surface area contributed by atoms with Gasteiger partial charge in [-0.25, -0.2) is 4.79 Å². The molecule has 0 atom stereocenters. The fourth-order valence-electron chi connectivity index (χ4n) is 1.75. The van der Waals surface area contributed by atoms with Crippen LogP contribution in [0, 0.1) is 5.92 Å². The molecule has 0 amide bonds. The van der Waals surface area contributed by atoms with Gasteiger partial charge in [0.15, 0.2) is 0 Å². The first-order valence-corrected chi connectivity index (χ1v) is 5.28. The summed E-state index contributed by atoms with van der Waals surface area (Å²) in [5.74, 6) is 0.578. The third-order valence-electron chi connectivity index (χ3n) is 2.66. The smallest absolute Gasteiger partial charge is 0.330 e. The zero-order valence-corrected chi connectivity index (χ0v) is 8.79. The van der Waals surface area contributed by atoms with Crippen molar-refractivity contribution in [2.24, 2.45) is 5.92 Å². The Morgan fingerprint density at radius 3 is 2.86 bits per heavy atom. The number of nitrogens with one attached hydrogen (secondary N) is 1. The largest absolute Gasteiger partial charge is 0.466 e. The SMILES string of the molecule is COC(=O)/C=C/CCC1CCNCC1. The van der Waals surface area contributed by atoms with Gasteiger partial charge in [-0.3, -0.25) is 0 Å². The van der Waals surface area contributed by atoms with Crippen molar-refractivity contribution in [3.63, 3.8) is 0 Å². The lowest BCUT2D eigenvalue weighted by Crippen LogP contribution is -2.27. The summed E-state index contributed by atoms with van der Waals surface area (Å²) in [5, 5.41) is 3.34. The maximum atomic E-state index is 10.7. The number of hydrogen-bond donors (Lipinski definition) is 1. The van der Waals surface area contributed by atoms with Crippen molar-refractivity contribution >= 4 is 5.97 Å². The van der Waals surface area contributed by atoms with Gasteiger partial charge in [0.25, 0.3) is 0 Å². The number of allylic oxidation sites excluding steroid dienone is 1. The van der Waals surface area contributed by atoms with E-state index in [1.54, 1.807) is 0 Å². The molecule has 1 fully saturated rings. The van der Waals surface area contributed by atoms with Crippen LogP contribution in [-0.4, -0.2) is 26.2 Å². The van der Waals surface area contributed by atoms with E-state index >= 15 is 0 Å². The molecular weight excluding hydrogens is 178 g/mol. The average Bonchev–Trinajstić information content (AvgIpc) is 2.25. The van der Waals surface area contributed by atoms with Gasteiger partial charge in [0.05, 0.1) is 7.11 Å². The Labute approximate surface area is 85.5 Å². The van der Waals surface area contributed by atoms with Crippen LogP contribution in [0.4, 0.5) is 0 Å². The molecule has 1 aliphatic rings. The molecule has 0 aromatic carbocycles. The second-order valence-corrected chi connectivity index (χ2v) is 3.70. The molecule has 1 rings (SSSR count). The minimum absolute atomic E-state index is 0.254. The molecule has 0 spiro atoms. The van der Waals surface area contributed by atoms with Gasteiger partial charge in [-0.2, -0.15) is 0 Å². The van der Waals surface area contributed by atoms with E-state index in [0.29, 0.717) is 0 Å². The maximum absolute atomic E-state index is 10.7. The molecule has 0 aromatic rings. The second kappa shape index (κ2) is 6.60. The minimum atomic E-state index is -0.254. The zero-order valence-electron chi connectivity index (χ0n) is 8.79. The van der Waals surface area contributed by atoms with Crippen LogP contribution in [0.25, 0.3) is 0 Å². The highest BCUT2D eigenvalue weighted by Gasteiger charge is 2.11. The molecule has 1 N–H and O–H groups in total. The maximum Gasteiger partial charge on any atom is 0.330 e. The number of piperidine rings is 1. The third-order valence-corrected chi connectivity index (χ3v) is 2.66. The summed E-state index contributed by atoms with van der Waals surface area (Å²) < 4.78 is 4.51. The van der Waals surface area contributed by atoms with Crippen molar-refractivity contribution in [2.75, 3.05) is 20.2 Å². The van der Waals surface area contributed by atoms with Gasteiger partial charge in [0, 0.05) is 6.08 Å². The van der Waals surface area contributed by atoms with Crippen molar-refractivity contribution in [1.82, 2.24) is 5.32 Å². The van der Waals surface area contributed by atoms with E-state index in [1.807, 2.05) is 6.08 Å². The fourth-order valence-corrected chi connectivity index (χ4v) is 1.75. The first kappa shape index (κ1) is 11.2. The van der Waals surface area contributed by atoms with E-state index in [9.17, 15) is 4.79 Å². The summed E-state index contributed by atoms with van der Waals surface area (Å²) in [7, 11) is 1.40. The van der Waals surface area contributed by atoms with E-state index in [4.69, 9.17) is 0 Å². The third kappa shape index (κ3) is 4.42. The lowest BCUT2D eigenvalue weighted by molar-refractivity contribution is -0.134. The zero-order chi connectivity index (χ0) is 10.2. The van der Waals surface area contributed by atoms with Crippen LogP contribution in [0.1, 0.15) is 25.7 Å². The Morgan fingerprint density at radius 1 is 1.50 bits per heavy atom. The number of carbonyl (C=O) groups excluding carboxylic acids is 1. The average molecular weight is 197 g/mol. The molecule has 1 saturated heterocycles. The van der Waals surface area contributed by atoms with E-state index in [0.717, 1.165) is 25.4 Å². The molecule has 0 aromatic heterocycles. The molecule has 0 aliphatic carbocycles. The molecule has 0 unspecified atom stereocenters. The predicted octanol–water partition coefficient (Wildman–Crippen LogP) is 1.50. The van der Waals surface area contributed by atoms with Crippen LogP contribution >= 0.6 is 0 Å². The first-order chi connectivity index (χ1) is 6.83. The summed E-state index contributed by atoms with van der Waals surface area (Å²) in [6, 6.07) is 0. The van der Waals surface area contributed by atoms with Gasteiger partial charge in [-0.1, -0.05) is 6.08 Å². The van der Waals surface area contributed by atoms with Crippen LogP contribution in [0.15, 0.2) is 12.2 Å². The van der Waals surface area contributed by atoms with E-state index < -0.39 is 0 Å². The molecule has 3 nitrogen and oxygen atoms in total. The number of esters is 1. The van der Waals surface area contributed by atoms with E-state index in [1.165, 1.54) is 32.4 Å². The normalized spacial score (nSPS) is 18.6. The van der Waals surface area contributed by atoms with Crippen molar-refractivity contribution in [3.05, 3.63) is 12.2 Å². The van der Waals surface area contributed by atoms with Crippen LogP contribution < -0.4 is 5.32 Å². The Kier molecular flexibility index (Phi) is 5.30. The molecule has 80 valence electrons. The Balaban J connectivity index is 2.07. The van der Waals surface area contributed by atoms with Gasteiger partial charge < -0.3 is 10.1 Å². The highest BCUT2D eigenvalue weighted by atomic mass is 16.5. The lowest BCUT2D eigenvalue weighted by Gasteiger charge is -2.21. The number of hydrogen-bond acceptors (Lipinski definition) is 3. The summed E-state index contributed by atoms with van der Waals surface area (Å²) in [6.07, 6.45) is 8.14. The first-order valence-electron chi connectivity index (χ1n) is 5.28. The standard InChI is InChI=1S/C11H19NO2/c1-14-11(13)5-3-2-4-10-6-8-12-9-7-10/h3,5,10,12H,2,4,6-9H2,1H3/b5-3+. The highest BCUT2D eigenvalue weighted by Crippen LogP contribution is 2.17. The lowest BCUT2D eigenvalue weighted by atomic mass is 9.93. The van der Waals surface area contributed by atoms with E-state index in [2.05, 4.69) is 10.1 Å². The molecule has 3 heteroatoms. The quantitative estimate of drug-likeness (QED) is 0.548. The van der Waals surface area contributed by atoms with Gasteiger partial charge in [-0.05, 0) is 44.7 Å². The fraction of sp³-hybridized carbons (Fsp3) is 0.727. The van der Waals surface area contributed by atoms with Crippen LogP contribution in [-0.2, 0) is 9.53 Å². The minimum Gasteiger partial charge on any atom is -0.466 e. The van der Waals surface area contributed by atoms with Crippen molar-refractivity contribution in [2.45, 2.75) is 25.7 Å².